The van der Waals surface area contributed by atoms with Crippen LogP contribution < -0.4 is 11.5 Å². The van der Waals surface area contributed by atoms with Crippen LogP contribution in [0.25, 0.3) is 0 Å². The molecule has 1 aromatic rings. The highest BCUT2D eigenvalue weighted by atomic mass is 35.5. The molecule has 0 heterocycles. The van der Waals surface area contributed by atoms with Gasteiger partial charge in [0.05, 0.1) is 4.92 Å². The SMILES string of the molecule is Cl.NC[C@@H](N)c1cccc([N+](=O)[O-])c1. The van der Waals surface area contributed by atoms with Crippen LogP contribution in [0.3, 0.4) is 0 Å². The highest BCUT2D eigenvalue weighted by Crippen LogP contribution is 2.16. The van der Waals surface area contributed by atoms with Crippen LogP contribution in [0.5, 0.6) is 0 Å². The summed E-state index contributed by atoms with van der Waals surface area (Å²) in [6, 6.07) is 5.86. The van der Waals surface area contributed by atoms with E-state index in [1.54, 1.807) is 12.1 Å². The number of nitro benzene ring substituents is 1. The maximum atomic E-state index is 10.4. The van der Waals surface area contributed by atoms with Crippen LogP contribution in [-0.2, 0) is 0 Å². The summed E-state index contributed by atoms with van der Waals surface area (Å²) in [4.78, 5) is 9.95. The van der Waals surface area contributed by atoms with Gasteiger partial charge in [-0.2, -0.15) is 0 Å². The van der Waals surface area contributed by atoms with E-state index in [9.17, 15) is 10.1 Å². The average Bonchev–Trinajstić information content (AvgIpc) is 2.17. The Morgan fingerprint density at radius 2 is 2.14 bits per heavy atom. The van der Waals surface area contributed by atoms with Crippen LogP contribution in [-0.4, -0.2) is 11.5 Å². The fourth-order valence-corrected chi connectivity index (χ4v) is 1.01. The second kappa shape index (κ2) is 5.54. The molecule has 4 N–H and O–H groups in total. The maximum absolute atomic E-state index is 10.4. The van der Waals surface area contributed by atoms with Crippen molar-refractivity contribution in [2.45, 2.75) is 6.04 Å². The lowest BCUT2D eigenvalue weighted by molar-refractivity contribution is -0.384. The van der Waals surface area contributed by atoms with E-state index in [4.69, 9.17) is 11.5 Å². The third-order valence-corrected chi connectivity index (χ3v) is 1.76. The van der Waals surface area contributed by atoms with Crippen LogP contribution in [0.1, 0.15) is 11.6 Å². The molecule has 5 nitrogen and oxygen atoms in total. The molecular formula is C8H12ClN3O2. The predicted molar refractivity (Wildman–Crippen MR) is 56.3 cm³/mol. The molecule has 0 amide bonds. The number of nitrogens with two attached hydrogens (primary N) is 2. The van der Waals surface area contributed by atoms with Gasteiger partial charge in [0.15, 0.2) is 0 Å². The molecule has 14 heavy (non-hydrogen) atoms. The summed E-state index contributed by atoms with van der Waals surface area (Å²) in [7, 11) is 0. The van der Waals surface area contributed by atoms with Gasteiger partial charge in [-0.3, -0.25) is 10.1 Å². The minimum atomic E-state index is -0.452. The molecule has 0 spiro atoms. The van der Waals surface area contributed by atoms with E-state index in [2.05, 4.69) is 0 Å². The Balaban J connectivity index is 0.00000169. The summed E-state index contributed by atoms with van der Waals surface area (Å²) in [6.45, 7) is 0.279. The van der Waals surface area contributed by atoms with E-state index in [1.165, 1.54) is 12.1 Å². The Bertz CT molecular complexity index is 319. The highest BCUT2D eigenvalue weighted by molar-refractivity contribution is 5.85. The molecule has 0 aliphatic heterocycles. The molecule has 1 rings (SSSR count). The molecule has 0 radical (unpaired) electrons. The molecule has 0 aliphatic rings. The number of nitrogens with zero attached hydrogens (tertiary/aromatic N) is 1. The van der Waals surface area contributed by atoms with Gasteiger partial charge in [0.1, 0.15) is 0 Å². The normalized spacial score (nSPS) is 11.6. The molecule has 1 aromatic carbocycles. The van der Waals surface area contributed by atoms with Crippen LogP contribution >= 0.6 is 12.4 Å². The minimum absolute atomic E-state index is 0. The average molecular weight is 218 g/mol. The van der Waals surface area contributed by atoms with Crippen LogP contribution in [0.15, 0.2) is 24.3 Å². The molecule has 0 aromatic heterocycles. The van der Waals surface area contributed by atoms with Crippen molar-refractivity contribution in [2.24, 2.45) is 11.5 Å². The van der Waals surface area contributed by atoms with Gasteiger partial charge in [0.25, 0.3) is 5.69 Å². The first-order chi connectivity index (χ1) is 6.15. The number of hydrogen-bond acceptors (Lipinski definition) is 4. The first-order valence-corrected chi connectivity index (χ1v) is 3.85. The summed E-state index contributed by atoms with van der Waals surface area (Å²) in [6.07, 6.45) is 0. The Kier molecular flexibility index (Phi) is 5.07. The number of rotatable bonds is 3. The number of benzene rings is 1. The van der Waals surface area contributed by atoms with Gasteiger partial charge < -0.3 is 11.5 Å². The lowest BCUT2D eigenvalue weighted by atomic mass is 10.1. The maximum Gasteiger partial charge on any atom is 0.269 e. The van der Waals surface area contributed by atoms with Gasteiger partial charge in [-0.15, -0.1) is 12.4 Å². The Labute approximate surface area is 87.6 Å². The van der Waals surface area contributed by atoms with Crippen molar-refractivity contribution >= 4 is 18.1 Å². The lowest BCUT2D eigenvalue weighted by Crippen LogP contribution is -2.20. The molecule has 0 aliphatic carbocycles. The van der Waals surface area contributed by atoms with E-state index in [0.29, 0.717) is 5.56 Å². The van der Waals surface area contributed by atoms with Gasteiger partial charge in [-0.05, 0) is 5.56 Å². The topological polar surface area (TPSA) is 95.2 Å². The van der Waals surface area contributed by atoms with Crippen molar-refractivity contribution < 1.29 is 4.92 Å². The third kappa shape index (κ3) is 2.95. The third-order valence-electron chi connectivity index (χ3n) is 1.76. The first-order valence-electron chi connectivity index (χ1n) is 3.85. The van der Waals surface area contributed by atoms with Crippen molar-refractivity contribution in [1.29, 1.82) is 0 Å². The second-order valence-electron chi connectivity index (χ2n) is 2.69. The Morgan fingerprint density at radius 3 is 2.64 bits per heavy atom. The molecule has 0 fully saturated rings. The molecule has 0 saturated carbocycles. The minimum Gasteiger partial charge on any atom is -0.329 e. The molecule has 78 valence electrons. The largest absolute Gasteiger partial charge is 0.329 e. The monoisotopic (exact) mass is 217 g/mol. The molecule has 1 atom stereocenters. The van der Waals surface area contributed by atoms with E-state index in [-0.39, 0.29) is 30.7 Å². The molecule has 6 heteroatoms. The van der Waals surface area contributed by atoms with Crippen molar-refractivity contribution in [1.82, 2.24) is 0 Å². The molecular weight excluding hydrogens is 206 g/mol. The van der Waals surface area contributed by atoms with Gasteiger partial charge in [0.2, 0.25) is 0 Å². The molecule has 0 unspecified atom stereocenters. The van der Waals surface area contributed by atoms with E-state index < -0.39 is 4.92 Å². The van der Waals surface area contributed by atoms with Gasteiger partial charge in [-0.25, -0.2) is 0 Å². The van der Waals surface area contributed by atoms with Gasteiger partial charge >= 0.3 is 0 Å². The molecule has 0 saturated heterocycles. The quantitative estimate of drug-likeness (QED) is 0.583. The number of hydrogen-bond donors (Lipinski definition) is 2. The van der Waals surface area contributed by atoms with E-state index >= 15 is 0 Å². The number of non-ortho nitro benzene ring substituents is 1. The Morgan fingerprint density at radius 1 is 1.50 bits per heavy atom. The number of halogens is 1. The zero-order valence-corrected chi connectivity index (χ0v) is 8.24. The smallest absolute Gasteiger partial charge is 0.269 e. The predicted octanol–water partition coefficient (Wildman–Crippen LogP) is 0.975. The summed E-state index contributed by atoms with van der Waals surface area (Å²) in [5.41, 5.74) is 11.7. The van der Waals surface area contributed by atoms with Crippen molar-refractivity contribution in [3.8, 4) is 0 Å². The Hall–Kier alpha value is -1.17. The lowest BCUT2D eigenvalue weighted by Gasteiger charge is -2.07. The summed E-state index contributed by atoms with van der Waals surface area (Å²) in [5.74, 6) is 0. The number of nitro groups is 1. The zero-order valence-electron chi connectivity index (χ0n) is 7.42. The van der Waals surface area contributed by atoms with Crippen LogP contribution in [0.2, 0.25) is 0 Å². The fraction of sp³-hybridized carbons (Fsp3) is 0.250. The van der Waals surface area contributed by atoms with Gasteiger partial charge in [-0.1, -0.05) is 12.1 Å². The first kappa shape index (κ1) is 12.8. The van der Waals surface area contributed by atoms with Crippen LogP contribution in [0, 0.1) is 10.1 Å². The summed E-state index contributed by atoms with van der Waals surface area (Å²) >= 11 is 0. The van der Waals surface area contributed by atoms with Crippen molar-refractivity contribution in [2.75, 3.05) is 6.54 Å². The molecule has 0 bridgehead atoms. The van der Waals surface area contributed by atoms with E-state index in [0.717, 1.165) is 0 Å². The van der Waals surface area contributed by atoms with Crippen molar-refractivity contribution in [3.63, 3.8) is 0 Å². The zero-order chi connectivity index (χ0) is 9.84. The summed E-state index contributed by atoms with van der Waals surface area (Å²) in [5, 5.41) is 10.4. The standard InChI is InChI=1S/C8H11N3O2.ClH/c9-5-8(10)6-2-1-3-7(4-6)11(12)13;/h1-4,8H,5,9-10H2;1H/t8-;/m1./s1. The van der Waals surface area contributed by atoms with E-state index in [1.807, 2.05) is 0 Å². The van der Waals surface area contributed by atoms with Gasteiger partial charge in [0, 0.05) is 24.7 Å². The van der Waals surface area contributed by atoms with Crippen molar-refractivity contribution in [3.05, 3.63) is 39.9 Å². The fourth-order valence-electron chi connectivity index (χ4n) is 1.01. The summed E-state index contributed by atoms with van der Waals surface area (Å²) < 4.78 is 0. The highest BCUT2D eigenvalue weighted by Gasteiger charge is 2.09. The van der Waals surface area contributed by atoms with Crippen LogP contribution in [0.4, 0.5) is 5.69 Å². The second-order valence-corrected chi connectivity index (χ2v) is 2.69.